The van der Waals surface area contributed by atoms with E-state index in [9.17, 15) is 4.79 Å². The average Bonchev–Trinajstić information content (AvgIpc) is 3.20. The van der Waals surface area contributed by atoms with Gasteiger partial charge in [-0.25, -0.2) is 0 Å². The fourth-order valence-corrected chi connectivity index (χ4v) is 3.86. The van der Waals surface area contributed by atoms with Crippen molar-refractivity contribution in [3.63, 3.8) is 0 Å². The van der Waals surface area contributed by atoms with Gasteiger partial charge in [0.2, 0.25) is 5.78 Å². The maximum Gasteiger partial charge on any atom is 0.202 e. The van der Waals surface area contributed by atoms with Crippen LogP contribution in [0.2, 0.25) is 0 Å². The lowest BCUT2D eigenvalue weighted by Gasteiger charge is -2.29. The Bertz CT molecular complexity index is 747. The molecule has 19 heavy (non-hydrogen) atoms. The normalized spacial score (nSPS) is 29.3. The van der Waals surface area contributed by atoms with Crippen molar-refractivity contribution in [1.29, 1.82) is 0 Å². The van der Waals surface area contributed by atoms with Gasteiger partial charge in [-0.1, -0.05) is 42.5 Å². The van der Waals surface area contributed by atoms with E-state index >= 15 is 0 Å². The quantitative estimate of drug-likeness (QED) is 0.670. The molecule has 0 bridgehead atoms. The molecule has 0 saturated carbocycles. The van der Waals surface area contributed by atoms with Gasteiger partial charge < -0.3 is 4.74 Å². The Kier molecular flexibility index (Phi) is 1.55. The van der Waals surface area contributed by atoms with E-state index in [2.05, 4.69) is 18.2 Å². The van der Waals surface area contributed by atoms with Gasteiger partial charge in [-0.3, -0.25) is 4.79 Å². The number of rotatable bonds is 0. The Morgan fingerprint density at radius 1 is 1.00 bits per heavy atom. The third kappa shape index (κ3) is 0.977. The standard InChI is InChI=1S/C17H12O2/c18-16-13-6-2-1-5-11(13)12-7-3-4-10-8-9-14-17(16,19-14)15(10)12/h1-7,14H,8-9H2. The first-order chi connectivity index (χ1) is 9.32. The second-order valence-electron chi connectivity index (χ2n) is 5.60. The monoisotopic (exact) mass is 248 g/mol. The first-order valence-corrected chi connectivity index (χ1v) is 6.77. The number of ether oxygens (including phenoxy) is 1. The van der Waals surface area contributed by atoms with Crippen LogP contribution in [0.5, 0.6) is 0 Å². The van der Waals surface area contributed by atoms with Gasteiger partial charge in [-0.05, 0) is 29.5 Å². The predicted molar refractivity (Wildman–Crippen MR) is 71.1 cm³/mol. The Hall–Kier alpha value is -1.93. The van der Waals surface area contributed by atoms with Gasteiger partial charge in [-0.2, -0.15) is 0 Å². The molecule has 1 spiro atoms. The highest BCUT2D eigenvalue weighted by Crippen LogP contribution is 2.60. The van der Waals surface area contributed by atoms with Crippen LogP contribution in [0.3, 0.4) is 0 Å². The number of aryl methyl sites for hydroxylation is 1. The van der Waals surface area contributed by atoms with Gasteiger partial charge in [0.05, 0.1) is 0 Å². The molecule has 1 saturated heterocycles. The van der Waals surface area contributed by atoms with Crippen molar-refractivity contribution in [1.82, 2.24) is 0 Å². The fourth-order valence-electron chi connectivity index (χ4n) is 3.86. The van der Waals surface area contributed by atoms with E-state index in [0.717, 1.165) is 29.5 Å². The number of hydrogen-bond donors (Lipinski definition) is 0. The Morgan fingerprint density at radius 2 is 1.79 bits per heavy atom. The zero-order chi connectivity index (χ0) is 12.6. The molecule has 1 fully saturated rings. The minimum Gasteiger partial charge on any atom is -0.352 e. The van der Waals surface area contributed by atoms with Crippen LogP contribution in [0.4, 0.5) is 0 Å². The number of Topliss-reactive ketones (excluding diaryl/α,β-unsaturated/α-hetero) is 1. The van der Waals surface area contributed by atoms with E-state index < -0.39 is 5.60 Å². The molecule has 1 heterocycles. The molecular formula is C17H12O2. The summed E-state index contributed by atoms with van der Waals surface area (Å²) in [6.07, 6.45) is 2.08. The zero-order valence-electron chi connectivity index (χ0n) is 10.3. The lowest BCUT2D eigenvalue weighted by molar-refractivity contribution is 0.0867. The topological polar surface area (TPSA) is 29.6 Å². The highest BCUT2D eigenvalue weighted by molar-refractivity contribution is 6.14. The van der Waals surface area contributed by atoms with Crippen LogP contribution in [0.25, 0.3) is 11.1 Å². The third-order valence-electron chi connectivity index (χ3n) is 4.72. The highest BCUT2D eigenvalue weighted by Gasteiger charge is 2.67. The van der Waals surface area contributed by atoms with Crippen LogP contribution in [-0.4, -0.2) is 11.9 Å². The van der Waals surface area contributed by atoms with Crippen molar-refractivity contribution >= 4 is 5.78 Å². The van der Waals surface area contributed by atoms with Crippen molar-refractivity contribution < 1.29 is 9.53 Å². The van der Waals surface area contributed by atoms with Crippen molar-refractivity contribution in [3.05, 3.63) is 59.2 Å². The molecule has 0 N–H and O–H groups in total. The number of ketones is 1. The first-order valence-electron chi connectivity index (χ1n) is 6.77. The van der Waals surface area contributed by atoms with E-state index in [0.29, 0.717) is 0 Å². The molecule has 92 valence electrons. The summed E-state index contributed by atoms with van der Waals surface area (Å²) in [5.41, 5.74) is 4.86. The van der Waals surface area contributed by atoms with Crippen molar-refractivity contribution in [2.45, 2.75) is 24.5 Å². The molecule has 2 atom stereocenters. The number of hydrogen-bond acceptors (Lipinski definition) is 2. The van der Waals surface area contributed by atoms with E-state index in [1.807, 2.05) is 24.3 Å². The summed E-state index contributed by atoms with van der Waals surface area (Å²) in [6, 6.07) is 14.3. The average molecular weight is 248 g/mol. The molecule has 1 aliphatic heterocycles. The molecule has 2 aromatic rings. The molecule has 3 aliphatic rings. The third-order valence-corrected chi connectivity index (χ3v) is 4.72. The van der Waals surface area contributed by atoms with Crippen molar-refractivity contribution in [2.75, 3.05) is 0 Å². The minimum atomic E-state index is -0.640. The summed E-state index contributed by atoms with van der Waals surface area (Å²) >= 11 is 0. The van der Waals surface area contributed by atoms with Crippen LogP contribution in [0.1, 0.15) is 27.9 Å². The van der Waals surface area contributed by atoms with Gasteiger partial charge >= 0.3 is 0 Å². The second-order valence-corrected chi connectivity index (χ2v) is 5.60. The van der Waals surface area contributed by atoms with E-state index in [1.165, 1.54) is 11.1 Å². The molecule has 0 radical (unpaired) electrons. The Labute approximate surface area is 111 Å². The molecule has 2 aliphatic carbocycles. The van der Waals surface area contributed by atoms with Gasteiger partial charge in [0.25, 0.3) is 0 Å². The van der Waals surface area contributed by atoms with Crippen LogP contribution < -0.4 is 0 Å². The lowest BCUT2D eigenvalue weighted by atomic mass is 9.70. The number of carbonyl (C=O) groups excluding carboxylic acids is 1. The summed E-state index contributed by atoms with van der Waals surface area (Å²) in [4.78, 5) is 12.8. The molecule has 2 nitrogen and oxygen atoms in total. The van der Waals surface area contributed by atoms with E-state index in [-0.39, 0.29) is 11.9 Å². The van der Waals surface area contributed by atoms with Crippen LogP contribution >= 0.6 is 0 Å². The van der Waals surface area contributed by atoms with Gasteiger partial charge in [0.15, 0.2) is 5.60 Å². The number of carbonyl (C=O) groups is 1. The summed E-state index contributed by atoms with van der Waals surface area (Å²) in [7, 11) is 0. The highest BCUT2D eigenvalue weighted by atomic mass is 16.6. The van der Waals surface area contributed by atoms with E-state index in [4.69, 9.17) is 4.74 Å². The molecule has 0 amide bonds. The maximum atomic E-state index is 12.8. The summed E-state index contributed by atoms with van der Waals surface area (Å²) < 4.78 is 5.89. The van der Waals surface area contributed by atoms with Crippen LogP contribution in [-0.2, 0) is 16.8 Å². The van der Waals surface area contributed by atoms with Gasteiger partial charge in [0, 0.05) is 11.1 Å². The number of epoxide rings is 1. The number of benzene rings is 2. The molecule has 2 aromatic carbocycles. The smallest absolute Gasteiger partial charge is 0.202 e. The molecule has 0 aromatic heterocycles. The largest absolute Gasteiger partial charge is 0.352 e. The van der Waals surface area contributed by atoms with Crippen LogP contribution in [0.15, 0.2) is 42.5 Å². The van der Waals surface area contributed by atoms with E-state index in [1.54, 1.807) is 0 Å². The molecular weight excluding hydrogens is 236 g/mol. The second kappa shape index (κ2) is 2.97. The summed E-state index contributed by atoms with van der Waals surface area (Å²) in [5, 5.41) is 0. The Balaban J connectivity index is 1.95. The lowest BCUT2D eigenvalue weighted by Crippen LogP contribution is -2.33. The van der Waals surface area contributed by atoms with Crippen molar-refractivity contribution in [3.8, 4) is 11.1 Å². The summed E-state index contributed by atoms with van der Waals surface area (Å²) in [5.74, 6) is 0.160. The first kappa shape index (κ1) is 9.93. The molecule has 5 rings (SSSR count). The molecule has 2 heteroatoms. The predicted octanol–water partition coefficient (Wildman–Crippen LogP) is 3.09. The number of fused-ring (bicyclic) bond motifs is 2. The molecule has 2 unspecified atom stereocenters. The minimum absolute atomic E-state index is 0.0991. The van der Waals surface area contributed by atoms with Gasteiger partial charge in [0.1, 0.15) is 6.10 Å². The maximum absolute atomic E-state index is 12.8. The fraction of sp³-hybridized carbons (Fsp3) is 0.235. The zero-order valence-corrected chi connectivity index (χ0v) is 10.3. The van der Waals surface area contributed by atoms with Crippen molar-refractivity contribution in [2.24, 2.45) is 0 Å². The van der Waals surface area contributed by atoms with Gasteiger partial charge in [-0.15, -0.1) is 0 Å². The Morgan fingerprint density at radius 3 is 2.68 bits per heavy atom. The van der Waals surface area contributed by atoms with Crippen LogP contribution in [0, 0.1) is 0 Å². The SMILES string of the molecule is O=C1c2ccccc2-c2cccc3c2C12OC2CC3. The summed E-state index contributed by atoms with van der Waals surface area (Å²) in [6.45, 7) is 0.